The predicted octanol–water partition coefficient (Wildman–Crippen LogP) is 7.60. The van der Waals surface area contributed by atoms with Crippen molar-refractivity contribution in [3.05, 3.63) is 172 Å². The van der Waals surface area contributed by atoms with Crippen LogP contribution in [0.5, 0.6) is 0 Å². The van der Waals surface area contributed by atoms with Gasteiger partial charge in [-0.1, -0.05) is 133 Å². The molecule has 1 aromatic heterocycles. The average Bonchev–Trinajstić information content (AvgIpc) is 3.42. The third-order valence-electron chi connectivity index (χ3n) is 7.70. The molecule has 0 N–H and O–H groups in total. The molecule has 0 amide bonds. The van der Waals surface area contributed by atoms with Crippen molar-refractivity contribution in [2.45, 2.75) is 18.6 Å². The van der Waals surface area contributed by atoms with Gasteiger partial charge < -0.3 is 9.47 Å². The number of rotatable bonds is 9. The van der Waals surface area contributed by atoms with E-state index in [2.05, 4.69) is 36.4 Å². The monoisotopic (exact) mass is 600 g/mol. The van der Waals surface area contributed by atoms with Gasteiger partial charge in [0.25, 0.3) is 0 Å². The van der Waals surface area contributed by atoms with Crippen LogP contribution in [0.2, 0.25) is 5.02 Å². The summed E-state index contributed by atoms with van der Waals surface area (Å²) in [6.45, 7) is 0.138. The Morgan fingerprint density at radius 1 is 0.750 bits per heavy atom. The van der Waals surface area contributed by atoms with Crippen LogP contribution < -0.4 is 0 Å². The van der Waals surface area contributed by atoms with E-state index in [4.69, 9.17) is 26.2 Å². The van der Waals surface area contributed by atoms with Gasteiger partial charge in [-0.05, 0) is 34.4 Å². The Balaban J connectivity index is 1.61. The summed E-state index contributed by atoms with van der Waals surface area (Å²) >= 11 is 6.74. The van der Waals surface area contributed by atoms with E-state index < -0.39 is 17.5 Å². The van der Waals surface area contributed by atoms with Crippen molar-refractivity contribution in [3.8, 4) is 0 Å². The number of esters is 2. The van der Waals surface area contributed by atoms with Crippen molar-refractivity contribution >= 4 is 34.4 Å². The second kappa shape index (κ2) is 12.6. The molecule has 6 rings (SSSR count). The number of benzene rings is 5. The van der Waals surface area contributed by atoms with Crippen molar-refractivity contribution < 1.29 is 19.1 Å². The molecule has 0 atom stereocenters. The zero-order valence-corrected chi connectivity index (χ0v) is 24.8. The summed E-state index contributed by atoms with van der Waals surface area (Å²) < 4.78 is 12.6. The zero-order chi connectivity index (χ0) is 30.5. The molecule has 0 bridgehead atoms. The lowest BCUT2D eigenvalue weighted by atomic mass is 9.77. The molecule has 0 spiro atoms. The summed E-state index contributed by atoms with van der Waals surface area (Å²) in [6, 6.07) is 43.1. The Labute approximate surface area is 260 Å². The van der Waals surface area contributed by atoms with E-state index in [1.807, 2.05) is 89.6 Å². The molecule has 0 unspecified atom stereocenters. The number of carbonyl (C=O) groups is 2. The number of methoxy groups -OCH3 is 1. The Hall–Kier alpha value is -5.20. The molecule has 0 fully saturated rings. The number of hydrogen-bond donors (Lipinski definition) is 0. The highest BCUT2D eigenvalue weighted by Gasteiger charge is 2.41. The second-order valence-electron chi connectivity index (χ2n) is 10.3. The van der Waals surface area contributed by atoms with Crippen molar-refractivity contribution in [1.29, 1.82) is 0 Å². The molecule has 0 aliphatic heterocycles. The lowest BCUT2D eigenvalue weighted by Gasteiger charge is -2.37. The van der Waals surface area contributed by atoms with Crippen LogP contribution in [-0.2, 0) is 32.8 Å². The van der Waals surface area contributed by atoms with E-state index in [1.54, 1.807) is 12.1 Å². The maximum atomic E-state index is 13.3. The number of aromatic nitrogens is 2. The van der Waals surface area contributed by atoms with Crippen LogP contribution in [0.3, 0.4) is 0 Å². The normalized spacial score (nSPS) is 11.3. The van der Waals surface area contributed by atoms with E-state index in [0.717, 1.165) is 22.3 Å². The molecule has 6 aromatic rings. The van der Waals surface area contributed by atoms with Crippen LogP contribution >= 0.6 is 11.6 Å². The number of carbonyl (C=O) groups excluding carboxylic acids is 2. The Morgan fingerprint density at radius 2 is 1.25 bits per heavy atom. The first-order chi connectivity index (χ1) is 21.5. The van der Waals surface area contributed by atoms with Crippen LogP contribution in [0.15, 0.2) is 133 Å². The maximum Gasteiger partial charge on any atom is 0.339 e. The fraction of sp³-hybridized carbons (Fsp3) is 0.108. The zero-order valence-electron chi connectivity index (χ0n) is 24.0. The molecular weight excluding hydrogens is 572 g/mol. The van der Waals surface area contributed by atoms with Gasteiger partial charge in [-0.25, -0.2) is 9.48 Å². The summed E-state index contributed by atoms with van der Waals surface area (Å²) in [4.78, 5) is 26.0. The molecule has 0 saturated heterocycles. The molecule has 5 aromatic carbocycles. The molecule has 0 aliphatic rings. The number of halogens is 1. The summed E-state index contributed by atoms with van der Waals surface area (Å²) in [6.07, 6.45) is -0.118. The quantitative estimate of drug-likeness (QED) is 0.126. The molecule has 44 heavy (non-hydrogen) atoms. The Morgan fingerprint density at radius 3 is 1.75 bits per heavy atom. The lowest BCUT2D eigenvalue weighted by Crippen LogP contribution is -2.38. The smallest absolute Gasteiger partial charge is 0.339 e. The van der Waals surface area contributed by atoms with Gasteiger partial charge in [0, 0.05) is 5.39 Å². The first kappa shape index (κ1) is 28.9. The van der Waals surface area contributed by atoms with Gasteiger partial charge in [0.2, 0.25) is 0 Å². The summed E-state index contributed by atoms with van der Waals surface area (Å²) in [5, 5.41) is 5.97. The highest BCUT2D eigenvalue weighted by atomic mass is 35.5. The minimum atomic E-state index is -0.968. The van der Waals surface area contributed by atoms with E-state index >= 15 is 0 Å². The van der Waals surface area contributed by atoms with Gasteiger partial charge in [0.15, 0.2) is 0 Å². The molecule has 0 saturated carbocycles. The highest BCUT2D eigenvalue weighted by molar-refractivity contribution is 6.34. The number of ether oxygens (including phenoxy) is 2. The van der Waals surface area contributed by atoms with Crippen LogP contribution in [0, 0.1) is 0 Å². The fourth-order valence-corrected chi connectivity index (χ4v) is 5.92. The SMILES string of the molecule is COC(=O)c1cc2c(CC(=O)OCc3ccccc3)nn(C(c3ccccc3)(c3ccccc3)c3ccccc3)c2cc1Cl. The molecule has 0 radical (unpaired) electrons. The first-order valence-electron chi connectivity index (χ1n) is 14.2. The van der Waals surface area contributed by atoms with Gasteiger partial charge in [-0.2, -0.15) is 5.10 Å². The summed E-state index contributed by atoms with van der Waals surface area (Å²) in [7, 11) is 1.30. The minimum Gasteiger partial charge on any atom is -0.465 e. The second-order valence-corrected chi connectivity index (χ2v) is 10.7. The van der Waals surface area contributed by atoms with E-state index in [-0.39, 0.29) is 23.6 Å². The third-order valence-corrected chi connectivity index (χ3v) is 8.01. The van der Waals surface area contributed by atoms with Crippen molar-refractivity contribution in [2.24, 2.45) is 0 Å². The van der Waals surface area contributed by atoms with E-state index in [0.29, 0.717) is 16.6 Å². The fourth-order valence-electron chi connectivity index (χ4n) is 5.68. The predicted molar refractivity (Wildman–Crippen MR) is 171 cm³/mol. The lowest BCUT2D eigenvalue weighted by molar-refractivity contribution is -0.144. The van der Waals surface area contributed by atoms with Gasteiger partial charge in [-0.3, -0.25) is 4.79 Å². The number of hydrogen-bond acceptors (Lipinski definition) is 5. The Kier molecular flexibility index (Phi) is 8.26. The van der Waals surface area contributed by atoms with Gasteiger partial charge >= 0.3 is 11.9 Å². The largest absolute Gasteiger partial charge is 0.465 e. The minimum absolute atomic E-state index is 0.118. The topological polar surface area (TPSA) is 70.4 Å². The van der Waals surface area contributed by atoms with Gasteiger partial charge in [0.1, 0.15) is 12.1 Å². The van der Waals surface area contributed by atoms with Gasteiger partial charge in [0.05, 0.1) is 35.3 Å². The molecule has 218 valence electrons. The van der Waals surface area contributed by atoms with Crippen LogP contribution in [0.4, 0.5) is 0 Å². The first-order valence-corrected chi connectivity index (χ1v) is 14.6. The van der Waals surface area contributed by atoms with Crippen LogP contribution in [-0.4, -0.2) is 28.8 Å². The van der Waals surface area contributed by atoms with Crippen LogP contribution in [0.1, 0.15) is 38.3 Å². The van der Waals surface area contributed by atoms with Crippen molar-refractivity contribution in [1.82, 2.24) is 9.78 Å². The molecule has 0 aliphatic carbocycles. The van der Waals surface area contributed by atoms with E-state index in [1.165, 1.54) is 7.11 Å². The molecule has 6 nitrogen and oxygen atoms in total. The summed E-state index contributed by atoms with van der Waals surface area (Å²) in [5.74, 6) is -1.03. The average molecular weight is 601 g/mol. The standard InChI is InChI=1S/C37H29ClN2O4/c1-43-36(42)30-22-31-33(24-35(41)44-25-26-14-6-2-7-15-26)39-40(34(31)23-32(30)38)37(27-16-8-3-9-17-27,28-18-10-4-11-19-28)29-20-12-5-13-21-29/h2-23H,24-25H2,1H3. The molecule has 7 heteroatoms. The van der Waals surface area contributed by atoms with Gasteiger partial charge in [-0.15, -0.1) is 0 Å². The molecular formula is C37H29ClN2O4. The highest BCUT2D eigenvalue weighted by Crippen LogP contribution is 2.43. The number of nitrogens with zero attached hydrogens (tertiary/aromatic N) is 2. The molecule has 1 heterocycles. The van der Waals surface area contributed by atoms with Crippen molar-refractivity contribution in [2.75, 3.05) is 7.11 Å². The number of fused-ring (bicyclic) bond motifs is 1. The Bertz CT molecular complexity index is 1810. The summed E-state index contributed by atoms with van der Waals surface area (Å²) in [5.41, 5.74) is 4.05. The van der Waals surface area contributed by atoms with E-state index in [9.17, 15) is 9.59 Å². The van der Waals surface area contributed by atoms with Crippen LogP contribution in [0.25, 0.3) is 10.9 Å². The van der Waals surface area contributed by atoms with Crippen molar-refractivity contribution in [3.63, 3.8) is 0 Å². The third kappa shape index (κ3) is 5.36. The maximum absolute atomic E-state index is 13.3.